The molecule has 1 saturated heterocycles. The molecule has 1 saturated carbocycles. The van der Waals surface area contributed by atoms with Gasteiger partial charge >= 0.3 is 0 Å². The molecule has 0 bridgehead atoms. The van der Waals surface area contributed by atoms with Crippen LogP contribution in [-0.4, -0.2) is 46.1 Å². The number of anilines is 2. The van der Waals surface area contributed by atoms with E-state index in [2.05, 4.69) is 35.8 Å². The van der Waals surface area contributed by atoms with Crippen molar-refractivity contribution >= 4 is 11.6 Å². The van der Waals surface area contributed by atoms with E-state index < -0.39 is 0 Å². The van der Waals surface area contributed by atoms with Gasteiger partial charge in [-0.3, -0.25) is 4.98 Å². The fourth-order valence-electron chi connectivity index (χ4n) is 2.76. The van der Waals surface area contributed by atoms with Gasteiger partial charge in [0.05, 0.1) is 6.20 Å². The molecule has 0 amide bonds. The Balaban J connectivity index is 1.44. The Morgan fingerprint density at radius 3 is 2.29 bits per heavy atom. The molecule has 1 aliphatic carbocycles. The second-order valence-electron chi connectivity index (χ2n) is 5.61. The maximum absolute atomic E-state index is 4.44. The van der Waals surface area contributed by atoms with E-state index in [1.165, 1.54) is 18.5 Å². The van der Waals surface area contributed by atoms with Crippen LogP contribution in [0.3, 0.4) is 0 Å². The van der Waals surface area contributed by atoms with Crippen molar-refractivity contribution in [1.82, 2.24) is 19.9 Å². The highest BCUT2D eigenvalue weighted by molar-refractivity contribution is 5.44. The number of piperazine rings is 1. The van der Waals surface area contributed by atoms with E-state index in [1.54, 1.807) is 18.7 Å². The van der Waals surface area contributed by atoms with Crippen LogP contribution >= 0.6 is 0 Å². The Morgan fingerprint density at radius 2 is 1.62 bits per heavy atom. The molecule has 0 unspecified atom stereocenters. The van der Waals surface area contributed by atoms with Crippen LogP contribution in [0.1, 0.15) is 24.5 Å². The molecular weight excluding hydrogens is 264 g/mol. The molecule has 1 aliphatic heterocycles. The standard InChI is InChI=1S/C15H18N6/c1-2-12(1)13-9-14(19-11-18-13)20-5-7-21(8-6-20)15-10-16-3-4-17-15/h3-4,9-12H,1-2,5-8H2. The molecule has 0 radical (unpaired) electrons. The lowest BCUT2D eigenvalue weighted by Crippen LogP contribution is -2.47. The van der Waals surface area contributed by atoms with E-state index in [4.69, 9.17) is 0 Å². The van der Waals surface area contributed by atoms with Crippen molar-refractivity contribution in [2.45, 2.75) is 18.8 Å². The SMILES string of the molecule is c1cnc(N2CCN(c3cc(C4CC4)ncn3)CC2)cn1. The first-order valence-electron chi connectivity index (χ1n) is 7.48. The van der Waals surface area contributed by atoms with Gasteiger partial charge in [-0.05, 0) is 12.8 Å². The summed E-state index contributed by atoms with van der Waals surface area (Å²) < 4.78 is 0. The Bertz CT molecular complexity index is 605. The van der Waals surface area contributed by atoms with Crippen LogP contribution in [0.25, 0.3) is 0 Å². The van der Waals surface area contributed by atoms with E-state index in [0.717, 1.165) is 37.8 Å². The summed E-state index contributed by atoms with van der Waals surface area (Å²) >= 11 is 0. The monoisotopic (exact) mass is 282 g/mol. The van der Waals surface area contributed by atoms with Crippen molar-refractivity contribution in [2.75, 3.05) is 36.0 Å². The zero-order valence-electron chi connectivity index (χ0n) is 11.9. The minimum absolute atomic E-state index is 0.674. The number of aromatic nitrogens is 4. The molecule has 2 aromatic rings. The number of hydrogen-bond donors (Lipinski definition) is 0. The van der Waals surface area contributed by atoms with Gasteiger partial charge in [0.25, 0.3) is 0 Å². The maximum atomic E-state index is 4.44. The molecule has 4 rings (SSSR count). The summed E-state index contributed by atoms with van der Waals surface area (Å²) in [4.78, 5) is 21.9. The van der Waals surface area contributed by atoms with Crippen LogP contribution in [0, 0.1) is 0 Å². The van der Waals surface area contributed by atoms with Gasteiger partial charge < -0.3 is 9.80 Å². The van der Waals surface area contributed by atoms with Crippen molar-refractivity contribution in [3.63, 3.8) is 0 Å². The van der Waals surface area contributed by atoms with Gasteiger partial charge in [0.15, 0.2) is 0 Å². The molecule has 2 fully saturated rings. The van der Waals surface area contributed by atoms with Gasteiger partial charge in [0.1, 0.15) is 18.0 Å². The second kappa shape index (κ2) is 5.27. The highest BCUT2D eigenvalue weighted by atomic mass is 15.3. The molecule has 0 aromatic carbocycles. The first kappa shape index (κ1) is 12.5. The smallest absolute Gasteiger partial charge is 0.147 e. The van der Waals surface area contributed by atoms with Crippen molar-refractivity contribution in [1.29, 1.82) is 0 Å². The minimum Gasteiger partial charge on any atom is -0.353 e. The molecule has 108 valence electrons. The summed E-state index contributed by atoms with van der Waals surface area (Å²) in [7, 11) is 0. The second-order valence-corrected chi connectivity index (χ2v) is 5.61. The van der Waals surface area contributed by atoms with Gasteiger partial charge in [-0.15, -0.1) is 0 Å². The van der Waals surface area contributed by atoms with Crippen LogP contribution < -0.4 is 9.80 Å². The summed E-state index contributed by atoms with van der Waals surface area (Å²) in [5.41, 5.74) is 1.20. The topological polar surface area (TPSA) is 58.0 Å². The average molecular weight is 282 g/mol. The van der Waals surface area contributed by atoms with Gasteiger partial charge in [0, 0.05) is 56.3 Å². The molecule has 0 N–H and O–H groups in total. The van der Waals surface area contributed by atoms with E-state index in [-0.39, 0.29) is 0 Å². The predicted octanol–water partition coefficient (Wildman–Crippen LogP) is 1.47. The molecular formula is C15H18N6. The molecule has 0 spiro atoms. The van der Waals surface area contributed by atoms with Crippen molar-refractivity contribution in [3.05, 3.63) is 36.7 Å². The normalized spacial score (nSPS) is 18.9. The zero-order chi connectivity index (χ0) is 14.1. The third kappa shape index (κ3) is 2.66. The summed E-state index contributed by atoms with van der Waals surface area (Å²) in [5, 5.41) is 0. The van der Waals surface area contributed by atoms with Crippen LogP contribution in [0.4, 0.5) is 11.6 Å². The van der Waals surface area contributed by atoms with Crippen LogP contribution in [0.2, 0.25) is 0 Å². The van der Waals surface area contributed by atoms with E-state index in [0.29, 0.717) is 5.92 Å². The molecule has 6 heteroatoms. The Labute approximate surface area is 123 Å². The molecule has 2 aromatic heterocycles. The molecule has 21 heavy (non-hydrogen) atoms. The molecule has 0 atom stereocenters. The minimum atomic E-state index is 0.674. The first-order chi connectivity index (χ1) is 10.4. The largest absolute Gasteiger partial charge is 0.353 e. The zero-order valence-corrected chi connectivity index (χ0v) is 11.9. The fraction of sp³-hybridized carbons (Fsp3) is 0.467. The van der Waals surface area contributed by atoms with E-state index >= 15 is 0 Å². The fourth-order valence-corrected chi connectivity index (χ4v) is 2.76. The summed E-state index contributed by atoms with van der Waals surface area (Å²) in [6.07, 6.45) is 9.53. The third-order valence-electron chi connectivity index (χ3n) is 4.15. The molecule has 6 nitrogen and oxygen atoms in total. The number of hydrogen-bond acceptors (Lipinski definition) is 6. The van der Waals surface area contributed by atoms with Gasteiger partial charge in [-0.25, -0.2) is 15.0 Å². The van der Waals surface area contributed by atoms with Crippen LogP contribution in [0.5, 0.6) is 0 Å². The summed E-state index contributed by atoms with van der Waals surface area (Å²) in [6.45, 7) is 3.80. The highest BCUT2D eigenvalue weighted by Gasteiger charge is 2.26. The number of rotatable bonds is 3. The van der Waals surface area contributed by atoms with Gasteiger partial charge in [-0.2, -0.15) is 0 Å². The van der Waals surface area contributed by atoms with Crippen molar-refractivity contribution < 1.29 is 0 Å². The Morgan fingerprint density at radius 1 is 0.857 bits per heavy atom. The lowest BCUT2D eigenvalue weighted by Gasteiger charge is -2.35. The Hall–Kier alpha value is -2.24. The third-order valence-corrected chi connectivity index (χ3v) is 4.15. The highest BCUT2D eigenvalue weighted by Crippen LogP contribution is 2.39. The Kier molecular flexibility index (Phi) is 3.14. The van der Waals surface area contributed by atoms with E-state index in [9.17, 15) is 0 Å². The maximum Gasteiger partial charge on any atom is 0.147 e. The average Bonchev–Trinajstić information content (AvgIpc) is 3.41. The van der Waals surface area contributed by atoms with Gasteiger partial charge in [-0.1, -0.05) is 0 Å². The lowest BCUT2D eigenvalue weighted by atomic mass is 10.2. The van der Waals surface area contributed by atoms with Gasteiger partial charge in [0.2, 0.25) is 0 Å². The molecule has 3 heterocycles. The van der Waals surface area contributed by atoms with Crippen molar-refractivity contribution in [3.8, 4) is 0 Å². The summed E-state index contributed by atoms with van der Waals surface area (Å²) in [5.74, 6) is 2.69. The quantitative estimate of drug-likeness (QED) is 0.849. The first-order valence-corrected chi connectivity index (χ1v) is 7.48. The molecule has 2 aliphatic rings. The van der Waals surface area contributed by atoms with Crippen LogP contribution in [-0.2, 0) is 0 Å². The van der Waals surface area contributed by atoms with Crippen molar-refractivity contribution in [2.24, 2.45) is 0 Å². The summed E-state index contributed by atoms with van der Waals surface area (Å²) in [6, 6.07) is 2.16. The van der Waals surface area contributed by atoms with E-state index in [1.807, 2.05) is 6.20 Å². The van der Waals surface area contributed by atoms with Crippen LogP contribution in [0.15, 0.2) is 31.0 Å². The predicted molar refractivity (Wildman–Crippen MR) is 80.5 cm³/mol. The number of nitrogens with zero attached hydrogens (tertiary/aromatic N) is 6. The lowest BCUT2D eigenvalue weighted by molar-refractivity contribution is 0.639.